The molecule has 0 unspecified atom stereocenters. The van der Waals surface area contributed by atoms with Gasteiger partial charge in [0.05, 0.1) is 15.1 Å². The van der Waals surface area contributed by atoms with Crippen LogP contribution < -0.4 is 5.32 Å². The van der Waals surface area contributed by atoms with Crippen molar-refractivity contribution >= 4 is 42.4 Å². The summed E-state index contributed by atoms with van der Waals surface area (Å²) in [5.74, 6) is 0.213. The van der Waals surface area contributed by atoms with Crippen molar-refractivity contribution in [1.82, 2.24) is 4.98 Å². The van der Waals surface area contributed by atoms with E-state index in [1.54, 1.807) is 12.1 Å². The van der Waals surface area contributed by atoms with E-state index in [0.29, 0.717) is 10.6 Å². The van der Waals surface area contributed by atoms with E-state index >= 15 is 0 Å². The molecule has 128 valence electrons. The van der Waals surface area contributed by atoms with E-state index in [2.05, 4.69) is 10.3 Å². The zero-order chi connectivity index (χ0) is 17.6. The molecule has 1 heterocycles. The molecule has 0 radical (unpaired) electrons. The summed E-state index contributed by atoms with van der Waals surface area (Å²) < 4.78 is 24.0. The van der Waals surface area contributed by atoms with Crippen LogP contribution in [0.3, 0.4) is 0 Å². The van der Waals surface area contributed by atoms with Crippen LogP contribution in [0.1, 0.15) is 17.9 Å². The molecule has 25 heavy (non-hydrogen) atoms. The van der Waals surface area contributed by atoms with Crippen molar-refractivity contribution in [2.45, 2.75) is 17.2 Å². The van der Waals surface area contributed by atoms with Gasteiger partial charge in [-0.2, -0.15) is 0 Å². The maximum absolute atomic E-state index is 12.4. The minimum absolute atomic E-state index is 0.0269. The average Bonchev–Trinajstić information content (AvgIpc) is 3.28. The molecule has 0 bridgehead atoms. The van der Waals surface area contributed by atoms with Crippen LogP contribution in [0.2, 0.25) is 0 Å². The summed E-state index contributed by atoms with van der Waals surface area (Å²) in [7, 11) is -3.26. The van der Waals surface area contributed by atoms with E-state index in [0.717, 1.165) is 11.1 Å². The Hall–Kier alpha value is -2.25. The molecule has 2 aromatic carbocycles. The minimum Gasteiger partial charge on any atom is -0.302 e. The van der Waals surface area contributed by atoms with E-state index in [9.17, 15) is 13.2 Å². The monoisotopic (exact) mass is 372 g/mol. The first-order valence-electron chi connectivity index (χ1n) is 7.88. The number of fused-ring (bicyclic) bond motifs is 1. The number of carbonyl (C=O) groups is 1. The molecule has 1 aromatic heterocycles. The summed E-state index contributed by atoms with van der Waals surface area (Å²) in [4.78, 5) is 17.1. The third kappa shape index (κ3) is 3.29. The van der Waals surface area contributed by atoms with Gasteiger partial charge in [-0.25, -0.2) is 13.4 Å². The normalized spacial score (nSPS) is 19.7. The molecule has 1 aliphatic rings. The molecular weight excluding hydrogens is 356 g/mol. The number of sulfone groups is 1. The maximum Gasteiger partial charge on any atom is 0.229 e. The fraction of sp³-hybridized carbons (Fsp3) is 0.222. The zero-order valence-corrected chi connectivity index (χ0v) is 15.1. The van der Waals surface area contributed by atoms with E-state index < -0.39 is 9.84 Å². The van der Waals surface area contributed by atoms with Crippen molar-refractivity contribution in [2.75, 3.05) is 11.6 Å². The Balaban J connectivity index is 1.50. The number of hydrogen-bond donors (Lipinski definition) is 1. The quantitative estimate of drug-likeness (QED) is 0.761. The Bertz CT molecular complexity index is 1060. The van der Waals surface area contributed by atoms with Crippen LogP contribution >= 0.6 is 11.3 Å². The number of amides is 1. The lowest BCUT2D eigenvalue weighted by Gasteiger charge is -2.01. The van der Waals surface area contributed by atoms with Crippen molar-refractivity contribution in [1.29, 1.82) is 0 Å². The maximum atomic E-state index is 12.4. The second-order valence-corrected chi connectivity index (χ2v) is 9.32. The molecule has 5 nitrogen and oxygen atoms in total. The number of carbonyl (C=O) groups excluding carboxylic acids is 1. The summed E-state index contributed by atoms with van der Waals surface area (Å²) in [6.45, 7) is 0. The van der Waals surface area contributed by atoms with E-state index in [4.69, 9.17) is 0 Å². The summed E-state index contributed by atoms with van der Waals surface area (Å²) in [6.07, 6.45) is 2.02. The third-order valence-electron chi connectivity index (χ3n) is 4.37. The second kappa shape index (κ2) is 5.93. The predicted octanol–water partition coefficient (Wildman–Crippen LogP) is 3.44. The van der Waals surface area contributed by atoms with Crippen LogP contribution in [0.4, 0.5) is 5.13 Å². The molecule has 1 N–H and O–H groups in total. The highest BCUT2D eigenvalue weighted by Crippen LogP contribution is 2.48. The van der Waals surface area contributed by atoms with Gasteiger partial charge in [0.2, 0.25) is 5.91 Å². The summed E-state index contributed by atoms with van der Waals surface area (Å²) in [5.41, 5.74) is 1.87. The summed E-state index contributed by atoms with van der Waals surface area (Å²) in [6, 6.07) is 14.8. The van der Waals surface area contributed by atoms with Gasteiger partial charge in [0, 0.05) is 12.2 Å². The smallest absolute Gasteiger partial charge is 0.229 e. The molecule has 4 rings (SSSR count). The zero-order valence-electron chi connectivity index (χ0n) is 13.5. The number of nitrogens with zero attached hydrogens (tertiary/aromatic N) is 1. The Morgan fingerprint density at radius 2 is 1.96 bits per heavy atom. The number of benzene rings is 2. The van der Waals surface area contributed by atoms with Gasteiger partial charge in [-0.15, -0.1) is 0 Å². The molecule has 1 aliphatic carbocycles. The molecule has 1 amide bonds. The van der Waals surface area contributed by atoms with Gasteiger partial charge in [0.1, 0.15) is 0 Å². The van der Waals surface area contributed by atoms with E-state index in [-0.39, 0.29) is 22.6 Å². The van der Waals surface area contributed by atoms with Crippen LogP contribution in [0.5, 0.6) is 0 Å². The van der Waals surface area contributed by atoms with Gasteiger partial charge in [0.25, 0.3) is 0 Å². The third-order valence-corrected chi connectivity index (χ3v) is 6.42. The van der Waals surface area contributed by atoms with Gasteiger partial charge in [-0.1, -0.05) is 41.7 Å². The van der Waals surface area contributed by atoms with Crippen LogP contribution in [-0.4, -0.2) is 25.6 Å². The molecule has 1 fully saturated rings. The van der Waals surface area contributed by atoms with Crippen LogP contribution in [0.15, 0.2) is 53.4 Å². The van der Waals surface area contributed by atoms with Crippen molar-refractivity contribution in [2.24, 2.45) is 5.92 Å². The Kier molecular flexibility index (Phi) is 3.85. The van der Waals surface area contributed by atoms with Gasteiger partial charge >= 0.3 is 0 Å². The predicted molar refractivity (Wildman–Crippen MR) is 98.6 cm³/mol. The van der Waals surface area contributed by atoms with Crippen LogP contribution in [-0.2, 0) is 14.6 Å². The number of anilines is 1. The SMILES string of the molecule is CS(=O)(=O)c1ccc2nc(NC(=O)[C@H]3C[C@@H]3c3ccccc3)sc2c1. The number of hydrogen-bond acceptors (Lipinski definition) is 5. The van der Waals surface area contributed by atoms with Gasteiger partial charge < -0.3 is 5.32 Å². The topological polar surface area (TPSA) is 76.1 Å². The molecule has 1 saturated carbocycles. The largest absolute Gasteiger partial charge is 0.302 e. The van der Waals surface area contributed by atoms with Gasteiger partial charge in [0.15, 0.2) is 15.0 Å². The number of rotatable bonds is 4. The van der Waals surface area contributed by atoms with E-state index in [1.165, 1.54) is 29.2 Å². The van der Waals surface area contributed by atoms with Gasteiger partial charge in [-0.3, -0.25) is 4.79 Å². The first-order chi connectivity index (χ1) is 11.9. The molecule has 3 aromatic rings. The molecule has 0 aliphatic heterocycles. The number of aromatic nitrogens is 1. The first kappa shape index (κ1) is 16.2. The average molecular weight is 372 g/mol. The molecule has 0 spiro atoms. The number of thiazole rings is 1. The molecular formula is C18H16N2O3S2. The highest BCUT2D eigenvalue weighted by atomic mass is 32.2. The van der Waals surface area contributed by atoms with Crippen LogP contribution in [0, 0.1) is 5.92 Å². The Morgan fingerprint density at radius 3 is 2.68 bits per heavy atom. The fourth-order valence-corrected chi connectivity index (χ4v) is 4.57. The second-order valence-electron chi connectivity index (χ2n) is 6.27. The highest BCUT2D eigenvalue weighted by molar-refractivity contribution is 7.90. The molecule has 0 saturated heterocycles. The lowest BCUT2D eigenvalue weighted by Crippen LogP contribution is -2.14. The fourth-order valence-electron chi connectivity index (χ4n) is 2.94. The van der Waals surface area contributed by atoms with Crippen molar-refractivity contribution < 1.29 is 13.2 Å². The van der Waals surface area contributed by atoms with E-state index in [1.807, 2.05) is 30.3 Å². The summed E-state index contributed by atoms with van der Waals surface area (Å²) >= 11 is 1.29. The lowest BCUT2D eigenvalue weighted by molar-refractivity contribution is -0.117. The Morgan fingerprint density at radius 1 is 1.20 bits per heavy atom. The first-order valence-corrected chi connectivity index (χ1v) is 10.6. The standard InChI is InChI=1S/C18H16N2O3S2/c1-25(22,23)12-7-8-15-16(9-12)24-18(19-15)20-17(21)14-10-13(14)11-5-3-2-4-6-11/h2-9,13-14H,10H2,1H3,(H,19,20,21)/t13-,14+/m1/s1. The van der Waals surface area contributed by atoms with Gasteiger partial charge in [-0.05, 0) is 36.1 Å². The van der Waals surface area contributed by atoms with Crippen LogP contribution in [0.25, 0.3) is 10.2 Å². The highest BCUT2D eigenvalue weighted by Gasteiger charge is 2.44. The molecule has 7 heteroatoms. The Labute approximate surface area is 149 Å². The minimum atomic E-state index is -3.26. The summed E-state index contributed by atoms with van der Waals surface area (Å²) in [5, 5.41) is 3.37. The van der Waals surface area contributed by atoms with Crippen molar-refractivity contribution in [3.05, 3.63) is 54.1 Å². The lowest BCUT2D eigenvalue weighted by atomic mass is 10.1. The number of nitrogens with one attached hydrogen (secondary N) is 1. The van der Waals surface area contributed by atoms with Crippen molar-refractivity contribution in [3.8, 4) is 0 Å². The molecule has 2 atom stereocenters. The van der Waals surface area contributed by atoms with Crippen molar-refractivity contribution in [3.63, 3.8) is 0 Å².